The molecule has 4 nitrogen and oxygen atoms in total. The van der Waals surface area contributed by atoms with Crippen LogP contribution in [-0.4, -0.2) is 63.3 Å². The average molecular weight is 235 g/mol. The van der Waals surface area contributed by atoms with Crippen LogP contribution in [0.4, 0.5) is 0 Å². The van der Waals surface area contributed by atoms with Gasteiger partial charge in [0.25, 0.3) is 0 Å². The standard InChI is InChI=1S/C8H18N2OS.C2H7N/c1-9-12-7-4-10(5-8-12)3-6-11-2;1-2-3/h3-8H2,1-2H3;2-3H2,1H3. The minimum absolute atomic E-state index is 0.365. The second kappa shape index (κ2) is 10.5. The van der Waals surface area contributed by atoms with E-state index in [1.165, 1.54) is 24.6 Å². The maximum atomic E-state index is 5.03. The molecule has 0 amide bonds. The zero-order chi connectivity index (χ0) is 11.5. The Kier molecular flexibility index (Phi) is 10.6. The highest BCUT2D eigenvalue weighted by Crippen LogP contribution is 2.01. The maximum absolute atomic E-state index is 5.03. The first-order chi connectivity index (χ1) is 7.28. The molecule has 1 saturated heterocycles. The molecule has 0 aromatic rings. The molecule has 1 aliphatic rings. The minimum Gasteiger partial charge on any atom is -0.383 e. The van der Waals surface area contributed by atoms with E-state index in [4.69, 9.17) is 10.5 Å². The third-order valence-electron chi connectivity index (χ3n) is 2.16. The van der Waals surface area contributed by atoms with Crippen molar-refractivity contribution in [3.05, 3.63) is 0 Å². The Morgan fingerprint density at radius 1 is 1.40 bits per heavy atom. The van der Waals surface area contributed by atoms with Gasteiger partial charge in [-0.3, -0.25) is 9.26 Å². The molecule has 5 heteroatoms. The number of rotatable bonds is 3. The average Bonchev–Trinajstić information content (AvgIpc) is 2.28. The van der Waals surface area contributed by atoms with Crippen LogP contribution in [0.1, 0.15) is 6.92 Å². The Balaban J connectivity index is 0.000000583. The lowest BCUT2D eigenvalue weighted by Crippen LogP contribution is -2.39. The highest BCUT2D eigenvalue weighted by Gasteiger charge is 2.12. The van der Waals surface area contributed by atoms with Gasteiger partial charge in [0.05, 0.1) is 6.61 Å². The lowest BCUT2D eigenvalue weighted by atomic mass is 10.5. The summed E-state index contributed by atoms with van der Waals surface area (Å²) in [6.45, 7) is 6.99. The second-order valence-corrected chi connectivity index (χ2v) is 5.40. The first-order valence-electron chi connectivity index (χ1n) is 5.47. The monoisotopic (exact) mass is 235 g/mol. The quantitative estimate of drug-likeness (QED) is 0.768. The van der Waals surface area contributed by atoms with Crippen molar-refractivity contribution in [3.8, 4) is 0 Å². The third kappa shape index (κ3) is 7.90. The first-order valence-corrected chi connectivity index (χ1v) is 6.99. The molecule has 92 valence electrons. The van der Waals surface area contributed by atoms with Crippen molar-refractivity contribution in [2.24, 2.45) is 10.1 Å². The molecule has 1 rings (SSSR count). The van der Waals surface area contributed by atoms with Crippen LogP contribution >= 0.6 is 0 Å². The summed E-state index contributed by atoms with van der Waals surface area (Å²) in [5, 5.41) is 0. The Morgan fingerprint density at radius 3 is 2.33 bits per heavy atom. The van der Waals surface area contributed by atoms with E-state index in [9.17, 15) is 0 Å². The molecular weight excluding hydrogens is 210 g/mol. The molecule has 1 aliphatic heterocycles. The van der Waals surface area contributed by atoms with Crippen molar-refractivity contribution in [2.45, 2.75) is 6.92 Å². The maximum Gasteiger partial charge on any atom is 0.0589 e. The van der Waals surface area contributed by atoms with Crippen LogP contribution in [0.5, 0.6) is 0 Å². The van der Waals surface area contributed by atoms with Gasteiger partial charge in [-0.15, -0.1) is 0 Å². The van der Waals surface area contributed by atoms with Gasteiger partial charge < -0.3 is 10.5 Å². The van der Waals surface area contributed by atoms with Crippen molar-refractivity contribution >= 4 is 10.7 Å². The van der Waals surface area contributed by atoms with Crippen LogP contribution in [0, 0.1) is 0 Å². The summed E-state index contributed by atoms with van der Waals surface area (Å²) in [7, 11) is 4.06. The molecule has 0 atom stereocenters. The minimum atomic E-state index is 0.365. The summed E-state index contributed by atoms with van der Waals surface area (Å²) in [5.41, 5.74) is 4.85. The number of methoxy groups -OCH3 is 1. The normalized spacial score (nSPS) is 18.1. The molecule has 15 heavy (non-hydrogen) atoms. The molecule has 2 N–H and O–H groups in total. The topological polar surface area (TPSA) is 50.8 Å². The zero-order valence-electron chi connectivity index (χ0n) is 10.2. The van der Waals surface area contributed by atoms with Gasteiger partial charge in [0.2, 0.25) is 0 Å². The van der Waals surface area contributed by atoms with E-state index in [1.54, 1.807) is 7.11 Å². The second-order valence-electron chi connectivity index (χ2n) is 3.30. The number of nitrogens with zero attached hydrogens (tertiary/aromatic N) is 2. The summed E-state index contributed by atoms with van der Waals surface area (Å²) in [5.74, 6) is 2.50. The number of nitrogens with two attached hydrogens (primary N) is 1. The summed E-state index contributed by atoms with van der Waals surface area (Å²) in [6, 6.07) is 0. The molecule has 1 fully saturated rings. The number of hydrogen-bond donors (Lipinski definition) is 1. The third-order valence-corrected chi connectivity index (χ3v) is 3.98. The van der Waals surface area contributed by atoms with Crippen LogP contribution in [-0.2, 0) is 15.4 Å². The van der Waals surface area contributed by atoms with E-state index >= 15 is 0 Å². The predicted molar refractivity (Wildman–Crippen MR) is 68.5 cm³/mol. The molecule has 1 heterocycles. The van der Waals surface area contributed by atoms with Crippen molar-refractivity contribution in [1.29, 1.82) is 0 Å². The summed E-state index contributed by atoms with van der Waals surface area (Å²) in [6.07, 6.45) is 0. The lowest BCUT2D eigenvalue weighted by molar-refractivity contribution is 0.153. The molecule has 0 unspecified atom stereocenters. The summed E-state index contributed by atoms with van der Waals surface area (Å²) in [4.78, 5) is 2.46. The van der Waals surface area contributed by atoms with Gasteiger partial charge in [-0.1, -0.05) is 17.6 Å². The predicted octanol–water partition coefficient (Wildman–Crippen LogP) is 0.345. The van der Waals surface area contributed by atoms with Crippen LogP contribution in [0.15, 0.2) is 4.36 Å². The SMILES string of the molecule is CCN.CN=S1CCN(CCOC)CC1. The smallest absolute Gasteiger partial charge is 0.0589 e. The van der Waals surface area contributed by atoms with Crippen molar-refractivity contribution in [2.75, 3.05) is 58.4 Å². The Bertz CT molecular complexity index is 166. The van der Waals surface area contributed by atoms with Gasteiger partial charge in [-0.25, -0.2) is 0 Å². The van der Waals surface area contributed by atoms with Crippen LogP contribution in [0.25, 0.3) is 0 Å². The van der Waals surface area contributed by atoms with Crippen LogP contribution in [0.2, 0.25) is 0 Å². The van der Waals surface area contributed by atoms with E-state index < -0.39 is 0 Å². The van der Waals surface area contributed by atoms with Gasteiger partial charge in [0.15, 0.2) is 0 Å². The van der Waals surface area contributed by atoms with E-state index in [1.807, 2.05) is 14.0 Å². The van der Waals surface area contributed by atoms with E-state index in [0.717, 1.165) is 19.7 Å². The molecule has 0 aromatic carbocycles. The Morgan fingerprint density at radius 2 is 1.93 bits per heavy atom. The van der Waals surface area contributed by atoms with Crippen LogP contribution in [0.3, 0.4) is 0 Å². The van der Waals surface area contributed by atoms with Crippen LogP contribution < -0.4 is 5.73 Å². The molecule has 0 saturated carbocycles. The molecule has 0 aliphatic carbocycles. The summed E-state index contributed by atoms with van der Waals surface area (Å²) < 4.78 is 9.37. The van der Waals surface area contributed by atoms with Gasteiger partial charge >= 0.3 is 0 Å². The van der Waals surface area contributed by atoms with Crippen molar-refractivity contribution < 1.29 is 4.74 Å². The molecule has 0 bridgehead atoms. The fourth-order valence-corrected chi connectivity index (χ4v) is 2.82. The van der Waals surface area contributed by atoms with Gasteiger partial charge in [-0.05, 0) is 6.54 Å². The molecule has 0 spiro atoms. The van der Waals surface area contributed by atoms with Crippen molar-refractivity contribution in [3.63, 3.8) is 0 Å². The Hall–Kier alpha value is 0.0300. The lowest BCUT2D eigenvalue weighted by Gasteiger charge is -2.27. The largest absolute Gasteiger partial charge is 0.383 e. The van der Waals surface area contributed by atoms with E-state index in [-0.39, 0.29) is 0 Å². The van der Waals surface area contributed by atoms with Crippen molar-refractivity contribution in [1.82, 2.24) is 4.90 Å². The molecular formula is C10H25N3OS. The fraction of sp³-hybridized carbons (Fsp3) is 1.00. The van der Waals surface area contributed by atoms with Gasteiger partial charge in [0, 0.05) is 45.3 Å². The van der Waals surface area contributed by atoms with E-state index in [0.29, 0.717) is 10.7 Å². The summed E-state index contributed by atoms with van der Waals surface area (Å²) >= 11 is 0. The fourth-order valence-electron chi connectivity index (χ4n) is 1.31. The molecule has 0 radical (unpaired) electrons. The number of hydrogen-bond acceptors (Lipinski definition) is 4. The molecule has 0 aromatic heterocycles. The van der Waals surface area contributed by atoms with Gasteiger partial charge in [-0.2, -0.15) is 0 Å². The first kappa shape index (κ1) is 15.0. The number of ether oxygens (including phenoxy) is 1. The van der Waals surface area contributed by atoms with E-state index in [2.05, 4.69) is 9.26 Å². The highest BCUT2D eigenvalue weighted by atomic mass is 32.2. The highest BCUT2D eigenvalue weighted by molar-refractivity contribution is 7.87. The van der Waals surface area contributed by atoms with Gasteiger partial charge in [0.1, 0.15) is 0 Å². The zero-order valence-corrected chi connectivity index (χ0v) is 11.1. The Labute approximate surface area is 96.3 Å².